The van der Waals surface area contributed by atoms with Gasteiger partial charge < -0.3 is 15.5 Å². The van der Waals surface area contributed by atoms with E-state index >= 15 is 0 Å². The number of primary amides is 1. The van der Waals surface area contributed by atoms with Crippen LogP contribution < -0.4 is 11.1 Å². The third-order valence-electron chi connectivity index (χ3n) is 4.70. The van der Waals surface area contributed by atoms with Crippen molar-refractivity contribution in [3.8, 4) is 0 Å². The molecular weight excluding hydrogens is 304 g/mol. The molecule has 0 bridgehead atoms. The van der Waals surface area contributed by atoms with Gasteiger partial charge in [0.15, 0.2) is 0 Å². The minimum atomic E-state index is -0.392. The Hall–Kier alpha value is -2.67. The summed E-state index contributed by atoms with van der Waals surface area (Å²) < 4.78 is 4.00. The molecule has 3 aromatic heterocycles. The van der Waals surface area contributed by atoms with E-state index in [0.29, 0.717) is 11.5 Å². The molecule has 1 aliphatic heterocycles. The fourth-order valence-electron chi connectivity index (χ4n) is 3.43. The zero-order valence-electron chi connectivity index (χ0n) is 13.4. The normalized spacial score (nSPS) is 17.1. The van der Waals surface area contributed by atoms with Gasteiger partial charge in [-0.15, -0.1) is 0 Å². The number of aryl methyl sites for hydroxylation is 1. The lowest BCUT2D eigenvalue weighted by molar-refractivity contribution is 0.0998. The maximum absolute atomic E-state index is 11.5. The molecule has 0 aromatic carbocycles. The van der Waals surface area contributed by atoms with Gasteiger partial charge in [0, 0.05) is 31.2 Å². The minimum absolute atomic E-state index is 0.392. The second kappa shape index (κ2) is 6.09. The third kappa shape index (κ3) is 2.67. The lowest BCUT2D eigenvalue weighted by atomic mass is 9.94. The van der Waals surface area contributed by atoms with Crippen molar-refractivity contribution in [3.63, 3.8) is 0 Å². The quantitative estimate of drug-likeness (QED) is 0.732. The van der Waals surface area contributed by atoms with Gasteiger partial charge in [0.1, 0.15) is 5.65 Å². The summed E-state index contributed by atoms with van der Waals surface area (Å²) in [6.07, 6.45) is 7.26. The summed E-state index contributed by atoms with van der Waals surface area (Å²) in [4.78, 5) is 15.8. The first-order chi connectivity index (χ1) is 11.7. The number of carbonyl (C=O) groups excluding carboxylic acids is 1. The zero-order valence-corrected chi connectivity index (χ0v) is 13.4. The van der Waals surface area contributed by atoms with Gasteiger partial charge in [-0.25, -0.2) is 4.98 Å². The predicted octanol–water partition coefficient (Wildman–Crippen LogP) is 0.982. The number of hydrogen-bond donors (Lipinski definition) is 2. The Balaban J connectivity index is 1.39. The number of fused-ring (bicyclic) bond motifs is 2. The molecule has 1 atom stereocenters. The van der Waals surface area contributed by atoms with Crippen LogP contribution in [-0.4, -0.2) is 31.6 Å². The van der Waals surface area contributed by atoms with Gasteiger partial charge in [0.05, 0.1) is 17.5 Å². The average molecular weight is 324 g/mol. The zero-order chi connectivity index (χ0) is 16.5. The van der Waals surface area contributed by atoms with Crippen molar-refractivity contribution in [2.75, 3.05) is 6.54 Å². The average Bonchev–Trinajstić information content (AvgIpc) is 3.21. The summed E-state index contributed by atoms with van der Waals surface area (Å²) in [6.45, 7) is 2.52. The fourth-order valence-corrected chi connectivity index (χ4v) is 3.43. The van der Waals surface area contributed by atoms with Gasteiger partial charge in [0.2, 0.25) is 0 Å². The molecule has 0 spiro atoms. The van der Waals surface area contributed by atoms with Gasteiger partial charge in [-0.2, -0.15) is 5.10 Å². The van der Waals surface area contributed by atoms with Crippen LogP contribution in [0.4, 0.5) is 0 Å². The van der Waals surface area contributed by atoms with Crippen molar-refractivity contribution in [2.24, 2.45) is 11.7 Å². The van der Waals surface area contributed by atoms with Crippen molar-refractivity contribution in [2.45, 2.75) is 25.9 Å². The third-order valence-corrected chi connectivity index (χ3v) is 4.70. The molecule has 1 aliphatic rings. The second-order valence-electron chi connectivity index (χ2n) is 6.25. The molecule has 0 saturated carbocycles. The maximum atomic E-state index is 11.5. The van der Waals surface area contributed by atoms with Gasteiger partial charge in [-0.05, 0) is 37.4 Å². The molecule has 0 radical (unpaired) electrons. The Bertz CT molecular complexity index is 880. The van der Waals surface area contributed by atoms with E-state index in [9.17, 15) is 4.79 Å². The smallest absolute Gasteiger partial charge is 0.252 e. The van der Waals surface area contributed by atoms with Crippen molar-refractivity contribution in [3.05, 3.63) is 53.7 Å². The van der Waals surface area contributed by atoms with E-state index < -0.39 is 5.91 Å². The Morgan fingerprint density at radius 2 is 2.33 bits per heavy atom. The highest BCUT2D eigenvalue weighted by Crippen LogP contribution is 2.22. The van der Waals surface area contributed by atoms with E-state index in [2.05, 4.69) is 25.9 Å². The lowest BCUT2D eigenvalue weighted by Crippen LogP contribution is -2.30. The number of nitrogens with one attached hydrogen (secondary N) is 1. The number of amides is 1. The fraction of sp³-hybridized carbons (Fsp3) is 0.353. The Kier molecular flexibility index (Phi) is 3.78. The van der Waals surface area contributed by atoms with Gasteiger partial charge in [0.25, 0.3) is 5.91 Å². The molecule has 3 aromatic rings. The van der Waals surface area contributed by atoms with Crippen molar-refractivity contribution in [1.29, 1.82) is 0 Å². The number of nitrogens with two attached hydrogens (primary N) is 1. The molecule has 4 rings (SSSR count). The van der Waals surface area contributed by atoms with Crippen LogP contribution in [0, 0.1) is 5.92 Å². The lowest BCUT2D eigenvalue weighted by Gasteiger charge is -2.24. The van der Waals surface area contributed by atoms with E-state index in [1.165, 1.54) is 5.69 Å². The minimum Gasteiger partial charge on any atom is -0.365 e. The number of nitrogens with zero attached hydrogens (tertiary/aromatic N) is 4. The van der Waals surface area contributed by atoms with Gasteiger partial charge in [-0.3, -0.25) is 9.48 Å². The van der Waals surface area contributed by atoms with Crippen LogP contribution in [0.3, 0.4) is 0 Å². The molecule has 7 heteroatoms. The molecule has 4 heterocycles. The van der Waals surface area contributed by atoms with E-state index in [1.807, 2.05) is 29.2 Å². The Morgan fingerprint density at radius 3 is 3.21 bits per heavy atom. The highest BCUT2D eigenvalue weighted by atomic mass is 16.1. The molecule has 124 valence electrons. The Morgan fingerprint density at radius 1 is 1.42 bits per heavy atom. The largest absolute Gasteiger partial charge is 0.365 e. The number of aromatic nitrogens is 4. The molecule has 24 heavy (non-hydrogen) atoms. The van der Waals surface area contributed by atoms with Crippen LogP contribution in [0.2, 0.25) is 0 Å². The van der Waals surface area contributed by atoms with Crippen molar-refractivity contribution >= 4 is 11.6 Å². The van der Waals surface area contributed by atoms with Gasteiger partial charge >= 0.3 is 0 Å². The Labute approximate surface area is 139 Å². The number of pyridine rings is 1. The standard InChI is InChI=1S/C17H20N6O/c18-17(24)14-11-21-23-6-4-12(8-15(14)23)9-19-10-13-2-1-3-16-20-5-7-22(13)16/h1-3,5,7,11-12,19H,4,6,8-10H2,(H2,18,24). The van der Waals surface area contributed by atoms with E-state index in [0.717, 1.165) is 43.8 Å². The molecule has 0 aliphatic carbocycles. The summed E-state index contributed by atoms with van der Waals surface area (Å²) in [5.74, 6) is 0.0888. The molecule has 0 saturated heterocycles. The molecule has 3 N–H and O–H groups in total. The van der Waals surface area contributed by atoms with Crippen LogP contribution in [0.15, 0.2) is 36.8 Å². The van der Waals surface area contributed by atoms with E-state index in [1.54, 1.807) is 6.20 Å². The van der Waals surface area contributed by atoms with Crippen molar-refractivity contribution < 1.29 is 4.79 Å². The van der Waals surface area contributed by atoms with Crippen LogP contribution in [0.25, 0.3) is 5.65 Å². The summed E-state index contributed by atoms with van der Waals surface area (Å²) >= 11 is 0. The number of carbonyl (C=O) groups is 1. The molecule has 1 amide bonds. The number of rotatable bonds is 5. The molecular formula is C17H20N6O. The second-order valence-corrected chi connectivity index (χ2v) is 6.25. The molecule has 7 nitrogen and oxygen atoms in total. The summed E-state index contributed by atoms with van der Waals surface area (Å²) in [6, 6.07) is 6.12. The van der Waals surface area contributed by atoms with Gasteiger partial charge in [-0.1, -0.05) is 6.07 Å². The van der Waals surface area contributed by atoms with Crippen LogP contribution >= 0.6 is 0 Å². The first-order valence-electron chi connectivity index (χ1n) is 8.18. The number of hydrogen-bond acceptors (Lipinski definition) is 4. The van der Waals surface area contributed by atoms with Crippen molar-refractivity contribution in [1.82, 2.24) is 24.5 Å². The van der Waals surface area contributed by atoms with Crippen LogP contribution in [0.5, 0.6) is 0 Å². The SMILES string of the molecule is NC(=O)c1cnn2c1CC(CNCc1cccc3nccn13)CC2. The maximum Gasteiger partial charge on any atom is 0.252 e. The summed E-state index contributed by atoms with van der Waals surface area (Å²) in [5, 5.41) is 7.78. The highest BCUT2D eigenvalue weighted by molar-refractivity contribution is 5.93. The molecule has 1 unspecified atom stereocenters. The number of imidazole rings is 1. The molecule has 0 fully saturated rings. The highest BCUT2D eigenvalue weighted by Gasteiger charge is 2.24. The topological polar surface area (TPSA) is 90.2 Å². The van der Waals surface area contributed by atoms with E-state index in [-0.39, 0.29) is 0 Å². The van der Waals surface area contributed by atoms with Crippen LogP contribution in [0.1, 0.15) is 28.2 Å². The predicted molar refractivity (Wildman–Crippen MR) is 89.5 cm³/mol. The summed E-state index contributed by atoms with van der Waals surface area (Å²) in [7, 11) is 0. The summed E-state index contributed by atoms with van der Waals surface area (Å²) in [5.41, 5.74) is 9.10. The monoisotopic (exact) mass is 324 g/mol. The first-order valence-corrected chi connectivity index (χ1v) is 8.18. The van der Waals surface area contributed by atoms with Crippen LogP contribution in [-0.2, 0) is 19.5 Å². The van der Waals surface area contributed by atoms with E-state index in [4.69, 9.17) is 5.73 Å². The first kappa shape index (κ1) is 14.9.